The molecule has 1 spiro atoms. The Kier molecular flexibility index (Phi) is 6.51. The van der Waals surface area contributed by atoms with Crippen molar-refractivity contribution in [2.24, 2.45) is 0 Å². The van der Waals surface area contributed by atoms with Gasteiger partial charge in [0.1, 0.15) is 11.4 Å². The van der Waals surface area contributed by atoms with Crippen LogP contribution < -0.4 is 10.6 Å². The molecule has 0 aliphatic carbocycles. The summed E-state index contributed by atoms with van der Waals surface area (Å²) in [7, 11) is 0. The predicted octanol–water partition coefficient (Wildman–Crippen LogP) is 1.42. The molecule has 0 radical (unpaired) electrons. The van der Waals surface area contributed by atoms with Gasteiger partial charge in [-0.2, -0.15) is 4.98 Å². The Hall–Kier alpha value is -3.70. The number of pyridine rings is 1. The zero-order valence-corrected chi connectivity index (χ0v) is 19.1. The monoisotopic (exact) mass is 479 g/mol. The highest BCUT2D eigenvalue weighted by atomic mass is 19.1. The van der Waals surface area contributed by atoms with Crippen LogP contribution in [-0.2, 0) is 11.3 Å². The van der Waals surface area contributed by atoms with E-state index in [-0.39, 0.29) is 23.4 Å². The van der Waals surface area contributed by atoms with E-state index in [0.717, 1.165) is 31.5 Å². The summed E-state index contributed by atoms with van der Waals surface area (Å²) in [5, 5.41) is 9.60. The van der Waals surface area contributed by atoms with Gasteiger partial charge in [-0.15, -0.1) is 0 Å². The normalized spacial score (nSPS) is 18.0. The van der Waals surface area contributed by atoms with E-state index in [4.69, 9.17) is 4.52 Å². The molecule has 1 aromatic carbocycles. The molecule has 2 fully saturated rings. The van der Waals surface area contributed by atoms with Gasteiger partial charge in [0.05, 0.1) is 6.67 Å². The number of carbonyl (C=O) groups excluding carboxylic acids is 2. The van der Waals surface area contributed by atoms with Crippen LogP contribution in [-0.4, -0.2) is 75.1 Å². The summed E-state index contributed by atoms with van der Waals surface area (Å²) >= 11 is 0. The van der Waals surface area contributed by atoms with E-state index in [1.165, 1.54) is 24.3 Å². The molecule has 0 atom stereocenters. The highest BCUT2D eigenvalue weighted by Gasteiger charge is 2.49. The average Bonchev–Trinajstić information content (AvgIpc) is 3.48. The van der Waals surface area contributed by atoms with Crippen LogP contribution in [0.25, 0.3) is 11.4 Å². The number of carbonyl (C=O) groups is 2. The smallest absolute Gasteiger partial charge is 0.316 e. The summed E-state index contributed by atoms with van der Waals surface area (Å²) in [6.07, 6.45) is 5.02. The van der Waals surface area contributed by atoms with Crippen LogP contribution in [0.3, 0.4) is 0 Å². The van der Waals surface area contributed by atoms with E-state index in [0.29, 0.717) is 31.9 Å². The maximum atomic E-state index is 13.1. The molecule has 10 nitrogen and oxygen atoms in total. The number of nitrogens with one attached hydrogen (secondary N) is 2. The second-order valence-electron chi connectivity index (χ2n) is 8.78. The topological polar surface area (TPSA) is 116 Å². The Labute approximate surface area is 201 Å². The minimum Gasteiger partial charge on any atom is -0.347 e. The fourth-order valence-corrected chi connectivity index (χ4v) is 4.67. The number of nitrogens with zero attached hydrogens (tertiary/aromatic N) is 5. The number of hydrogen-bond donors (Lipinski definition) is 2. The van der Waals surface area contributed by atoms with Crippen LogP contribution in [0.4, 0.5) is 4.39 Å². The minimum absolute atomic E-state index is 0.0858. The highest BCUT2D eigenvalue weighted by Crippen LogP contribution is 2.33. The van der Waals surface area contributed by atoms with Crippen LogP contribution in [0.5, 0.6) is 0 Å². The molecule has 3 aromatic rings. The third-order valence-electron chi connectivity index (χ3n) is 6.67. The van der Waals surface area contributed by atoms with Crippen molar-refractivity contribution in [3.63, 3.8) is 0 Å². The summed E-state index contributed by atoms with van der Waals surface area (Å²) in [5.41, 5.74) is 1.14. The van der Waals surface area contributed by atoms with Crippen molar-refractivity contribution in [1.82, 2.24) is 35.6 Å². The lowest BCUT2D eigenvalue weighted by atomic mass is 9.86. The van der Waals surface area contributed by atoms with Gasteiger partial charge < -0.3 is 20.1 Å². The summed E-state index contributed by atoms with van der Waals surface area (Å²) in [6, 6.07) is 9.55. The van der Waals surface area contributed by atoms with Gasteiger partial charge in [-0.3, -0.25) is 19.5 Å². The van der Waals surface area contributed by atoms with Gasteiger partial charge in [-0.1, -0.05) is 11.2 Å². The molecule has 4 heterocycles. The second kappa shape index (κ2) is 9.88. The Morgan fingerprint density at radius 1 is 1.20 bits per heavy atom. The van der Waals surface area contributed by atoms with Crippen molar-refractivity contribution in [2.75, 3.05) is 32.8 Å². The number of piperidine rings is 1. The SMILES string of the molecule is O=C(NCCN1CCC2(CC1)C(=O)NCN2Cc1cccnc1)c1nc(-c2ccc(F)cc2)no1. The fourth-order valence-electron chi connectivity index (χ4n) is 4.67. The summed E-state index contributed by atoms with van der Waals surface area (Å²) in [6.45, 7) is 3.77. The minimum atomic E-state index is -0.504. The molecule has 2 N–H and O–H groups in total. The summed E-state index contributed by atoms with van der Waals surface area (Å²) in [5.74, 6) is -0.661. The number of hydrogen-bond acceptors (Lipinski definition) is 8. The molecule has 2 aliphatic heterocycles. The van der Waals surface area contributed by atoms with Gasteiger partial charge in [-0.25, -0.2) is 4.39 Å². The van der Waals surface area contributed by atoms with Crippen molar-refractivity contribution >= 4 is 11.8 Å². The average molecular weight is 480 g/mol. The molecule has 182 valence electrons. The Bertz CT molecular complexity index is 1180. The highest BCUT2D eigenvalue weighted by molar-refractivity contribution is 5.90. The third-order valence-corrected chi connectivity index (χ3v) is 6.67. The molecular formula is C24H26FN7O3. The molecule has 2 saturated heterocycles. The van der Waals surface area contributed by atoms with Gasteiger partial charge in [0.25, 0.3) is 0 Å². The molecule has 11 heteroatoms. The van der Waals surface area contributed by atoms with Crippen LogP contribution >= 0.6 is 0 Å². The standard InChI is InChI=1S/C24H26FN7O3/c25-19-5-3-18(4-6-19)20-29-22(35-30-20)21(33)27-10-13-31-11-7-24(8-12-31)23(34)28-16-32(24)15-17-2-1-9-26-14-17/h1-6,9,14H,7-8,10-13,15-16H2,(H,27,33)(H,28,34). The van der Waals surface area contributed by atoms with Crippen LogP contribution in [0.15, 0.2) is 53.3 Å². The lowest BCUT2D eigenvalue weighted by molar-refractivity contribution is -0.129. The first kappa shape index (κ1) is 23.1. The second-order valence-corrected chi connectivity index (χ2v) is 8.78. The third kappa shape index (κ3) is 4.91. The van der Waals surface area contributed by atoms with Crippen LogP contribution in [0.2, 0.25) is 0 Å². The lowest BCUT2D eigenvalue weighted by Gasteiger charge is -2.42. The largest absolute Gasteiger partial charge is 0.347 e. The zero-order valence-electron chi connectivity index (χ0n) is 19.1. The van der Waals surface area contributed by atoms with Crippen molar-refractivity contribution in [1.29, 1.82) is 0 Å². The molecule has 0 unspecified atom stereocenters. The molecule has 2 amide bonds. The Balaban J connectivity index is 1.11. The van der Waals surface area contributed by atoms with Crippen LogP contribution in [0.1, 0.15) is 29.1 Å². The first-order chi connectivity index (χ1) is 17.0. The zero-order chi connectivity index (χ0) is 24.3. The number of amides is 2. The van der Waals surface area contributed by atoms with E-state index in [2.05, 4.69) is 35.6 Å². The molecule has 0 saturated carbocycles. The van der Waals surface area contributed by atoms with E-state index in [1.54, 1.807) is 6.20 Å². The molecule has 5 rings (SSSR count). The first-order valence-electron chi connectivity index (χ1n) is 11.6. The van der Waals surface area contributed by atoms with Crippen molar-refractivity contribution < 1.29 is 18.5 Å². The first-order valence-corrected chi connectivity index (χ1v) is 11.6. The van der Waals surface area contributed by atoms with Gasteiger partial charge in [0.2, 0.25) is 11.7 Å². The fraction of sp³-hybridized carbons (Fsp3) is 0.375. The lowest BCUT2D eigenvalue weighted by Crippen LogP contribution is -2.56. The van der Waals surface area contributed by atoms with E-state index in [1.807, 2.05) is 18.3 Å². The molecular weight excluding hydrogens is 453 g/mol. The van der Waals surface area contributed by atoms with Gasteiger partial charge >= 0.3 is 11.8 Å². The van der Waals surface area contributed by atoms with E-state index >= 15 is 0 Å². The number of benzene rings is 1. The molecule has 2 aromatic heterocycles. The number of aromatic nitrogens is 3. The maximum absolute atomic E-state index is 13.1. The van der Waals surface area contributed by atoms with Crippen molar-refractivity contribution in [2.45, 2.75) is 24.9 Å². The quantitative estimate of drug-likeness (QED) is 0.523. The number of likely N-dealkylation sites (tertiary alicyclic amines) is 1. The summed E-state index contributed by atoms with van der Waals surface area (Å²) in [4.78, 5) is 37.9. The molecule has 2 aliphatic rings. The van der Waals surface area contributed by atoms with Crippen molar-refractivity contribution in [3.8, 4) is 11.4 Å². The van der Waals surface area contributed by atoms with Crippen LogP contribution in [0, 0.1) is 5.82 Å². The Morgan fingerprint density at radius 3 is 2.74 bits per heavy atom. The van der Waals surface area contributed by atoms with Gasteiger partial charge in [0, 0.05) is 50.7 Å². The maximum Gasteiger partial charge on any atom is 0.316 e. The van der Waals surface area contributed by atoms with Gasteiger partial charge in [0.15, 0.2) is 0 Å². The number of rotatable bonds is 7. The number of halogens is 1. The molecule has 0 bridgehead atoms. The molecule has 35 heavy (non-hydrogen) atoms. The van der Waals surface area contributed by atoms with E-state index < -0.39 is 11.4 Å². The van der Waals surface area contributed by atoms with E-state index in [9.17, 15) is 14.0 Å². The summed E-state index contributed by atoms with van der Waals surface area (Å²) < 4.78 is 18.1. The Morgan fingerprint density at radius 2 is 2.00 bits per heavy atom. The predicted molar refractivity (Wildman–Crippen MR) is 123 cm³/mol. The van der Waals surface area contributed by atoms with Gasteiger partial charge in [-0.05, 0) is 48.7 Å². The van der Waals surface area contributed by atoms with Crippen molar-refractivity contribution in [3.05, 3.63) is 66.1 Å².